The van der Waals surface area contributed by atoms with Gasteiger partial charge in [0.25, 0.3) is 0 Å². The lowest BCUT2D eigenvalue weighted by Gasteiger charge is -2.05. The van der Waals surface area contributed by atoms with Gasteiger partial charge < -0.3 is 10.1 Å². The first kappa shape index (κ1) is 12.8. The Labute approximate surface area is 111 Å². The van der Waals surface area contributed by atoms with Gasteiger partial charge in [-0.25, -0.2) is 0 Å². The quantitative estimate of drug-likeness (QED) is 0.901. The van der Waals surface area contributed by atoms with Crippen LogP contribution < -0.4 is 10.1 Å². The summed E-state index contributed by atoms with van der Waals surface area (Å²) in [4.78, 5) is 0. The van der Waals surface area contributed by atoms with E-state index < -0.39 is 0 Å². The fourth-order valence-corrected chi connectivity index (χ4v) is 1.50. The summed E-state index contributed by atoms with van der Waals surface area (Å²) >= 11 is 5.79. The number of aromatic nitrogens is 2. The zero-order chi connectivity index (χ0) is 12.8. The van der Waals surface area contributed by atoms with Crippen molar-refractivity contribution in [1.82, 2.24) is 15.5 Å². The molecule has 18 heavy (non-hydrogen) atoms. The second-order valence-corrected chi connectivity index (χ2v) is 4.14. The number of hydrogen-bond acceptors (Lipinski definition) is 4. The molecular weight excluding hydrogens is 250 g/mol. The van der Waals surface area contributed by atoms with E-state index in [1.54, 1.807) is 30.3 Å². The van der Waals surface area contributed by atoms with Gasteiger partial charge in [0.2, 0.25) is 5.88 Å². The molecule has 0 atom stereocenters. The first-order chi connectivity index (χ1) is 8.78. The van der Waals surface area contributed by atoms with Crippen molar-refractivity contribution in [3.05, 3.63) is 47.1 Å². The molecule has 0 fully saturated rings. The van der Waals surface area contributed by atoms with Crippen molar-refractivity contribution in [2.45, 2.75) is 13.5 Å². The van der Waals surface area contributed by atoms with Gasteiger partial charge in [0, 0.05) is 17.6 Å². The molecule has 0 saturated heterocycles. The molecule has 1 N–H and O–H groups in total. The highest BCUT2D eigenvalue weighted by Gasteiger charge is 2.00. The van der Waals surface area contributed by atoms with Crippen LogP contribution in [0.3, 0.4) is 0 Å². The lowest BCUT2D eigenvalue weighted by atomic mass is 10.3. The molecule has 0 spiro atoms. The number of nitrogens with zero attached hydrogens (tertiary/aromatic N) is 2. The molecule has 0 radical (unpaired) electrons. The van der Waals surface area contributed by atoms with Crippen LogP contribution in [0, 0.1) is 0 Å². The fraction of sp³-hybridized carbons (Fsp3) is 0.231. The predicted octanol–water partition coefficient (Wildman–Crippen LogP) is 3.03. The van der Waals surface area contributed by atoms with Crippen molar-refractivity contribution in [3.63, 3.8) is 0 Å². The Bertz CT molecular complexity index is 485. The van der Waals surface area contributed by atoms with Crippen molar-refractivity contribution in [3.8, 4) is 11.6 Å². The highest BCUT2D eigenvalue weighted by Crippen LogP contribution is 2.20. The average molecular weight is 264 g/mol. The third-order valence-corrected chi connectivity index (χ3v) is 2.54. The maximum Gasteiger partial charge on any atom is 0.238 e. The molecule has 2 aromatic rings. The summed E-state index contributed by atoms with van der Waals surface area (Å²) in [5.41, 5.74) is 0.889. The molecule has 1 aromatic carbocycles. The molecule has 94 valence electrons. The van der Waals surface area contributed by atoms with E-state index in [4.69, 9.17) is 16.3 Å². The fourth-order valence-electron chi connectivity index (χ4n) is 1.37. The minimum absolute atomic E-state index is 0.470. The van der Waals surface area contributed by atoms with Gasteiger partial charge >= 0.3 is 0 Å². The van der Waals surface area contributed by atoms with Crippen molar-refractivity contribution >= 4 is 11.6 Å². The summed E-state index contributed by atoms with van der Waals surface area (Å²) in [5.74, 6) is 1.16. The smallest absolute Gasteiger partial charge is 0.238 e. The second kappa shape index (κ2) is 6.33. The SMILES string of the molecule is CCNCc1ccc(Oc2ccc(Cl)cc2)nn1. The van der Waals surface area contributed by atoms with Crippen molar-refractivity contribution in [1.29, 1.82) is 0 Å². The Balaban J connectivity index is 1.99. The van der Waals surface area contributed by atoms with E-state index >= 15 is 0 Å². The average Bonchev–Trinajstić information content (AvgIpc) is 2.41. The zero-order valence-electron chi connectivity index (χ0n) is 10.1. The maximum absolute atomic E-state index is 5.79. The van der Waals surface area contributed by atoms with E-state index in [1.807, 2.05) is 13.0 Å². The Morgan fingerprint density at radius 1 is 1.11 bits per heavy atom. The molecular formula is C13H14ClN3O. The molecule has 0 bridgehead atoms. The minimum Gasteiger partial charge on any atom is -0.438 e. The van der Waals surface area contributed by atoms with Crippen LogP contribution in [-0.2, 0) is 6.54 Å². The Kier molecular flexibility index (Phi) is 4.50. The van der Waals surface area contributed by atoms with E-state index in [0.29, 0.717) is 23.2 Å². The first-order valence-electron chi connectivity index (χ1n) is 5.74. The number of hydrogen-bond donors (Lipinski definition) is 1. The summed E-state index contributed by atoms with van der Waals surface area (Å²) in [6.45, 7) is 3.67. The van der Waals surface area contributed by atoms with Crippen LogP contribution in [0.1, 0.15) is 12.6 Å². The van der Waals surface area contributed by atoms with Crippen LogP contribution in [0.25, 0.3) is 0 Å². The molecule has 0 saturated carbocycles. The highest BCUT2D eigenvalue weighted by molar-refractivity contribution is 6.30. The van der Waals surface area contributed by atoms with Crippen LogP contribution >= 0.6 is 11.6 Å². The van der Waals surface area contributed by atoms with E-state index in [-0.39, 0.29) is 0 Å². The lowest BCUT2D eigenvalue weighted by molar-refractivity contribution is 0.453. The third kappa shape index (κ3) is 3.68. The maximum atomic E-state index is 5.79. The van der Waals surface area contributed by atoms with Gasteiger partial charge in [-0.3, -0.25) is 0 Å². The minimum atomic E-state index is 0.470. The first-order valence-corrected chi connectivity index (χ1v) is 6.12. The van der Waals surface area contributed by atoms with Crippen LogP contribution in [0.5, 0.6) is 11.6 Å². The molecule has 0 aliphatic rings. The molecule has 5 heteroatoms. The number of nitrogens with one attached hydrogen (secondary N) is 1. The van der Waals surface area contributed by atoms with E-state index in [2.05, 4.69) is 15.5 Å². The van der Waals surface area contributed by atoms with Gasteiger partial charge in [0.1, 0.15) is 5.75 Å². The molecule has 0 aliphatic heterocycles. The number of halogens is 1. The second-order valence-electron chi connectivity index (χ2n) is 3.70. The van der Waals surface area contributed by atoms with Gasteiger partial charge in [0.15, 0.2) is 0 Å². The van der Waals surface area contributed by atoms with Crippen molar-refractivity contribution < 1.29 is 4.74 Å². The van der Waals surface area contributed by atoms with E-state index in [0.717, 1.165) is 12.2 Å². The molecule has 2 rings (SSSR count). The standard InChI is InChI=1S/C13H14ClN3O/c1-2-15-9-11-5-8-13(17-16-11)18-12-6-3-10(14)4-7-12/h3-8,15H,2,9H2,1H3. The highest BCUT2D eigenvalue weighted by atomic mass is 35.5. The number of ether oxygens (including phenoxy) is 1. The predicted molar refractivity (Wildman–Crippen MR) is 70.9 cm³/mol. The number of rotatable bonds is 5. The van der Waals surface area contributed by atoms with Crippen LogP contribution in [-0.4, -0.2) is 16.7 Å². The largest absolute Gasteiger partial charge is 0.438 e. The summed E-state index contributed by atoms with van der Waals surface area (Å²) in [7, 11) is 0. The van der Waals surface area contributed by atoms with Gasteiger partial charge in [0.05, 0.1) is 5.69 Å². The van der Waals surface area contributed by atoms with Gasteiger partial charge in [-0.05, 0) is 36.9 Å². The summed E-state index contributed by atoms with van der Waals surface area (Å²) < 4.78 is 5.54. The Morgan fingerprint density at radius 2 is 1.89 bits per heavy atom. The molecule has 4 nitrogen and oxygen atoms in total. The zero-order valence-corrected chi connectivity index (χ0v) is 10.8. The summed E-state index contributed by atoms with van der Waals surface area (Å²) in [5, 5.41) is 11.9. The van der Waals surface area contributed by atoms with E-state index in [1.165, 1.54) is 0 Å². The van der Waals surface area contributed by atoms with Crippen LogP contribution in [0.4, 0.5) is 0 Å². The molecule has 0 aliphatic carbocycles. The monoisotopic (exact) mass is 263 g/mol. The lowest BCUT2D eigenvalue weighted by Crippen LogP contribution is -2.13. The van der Waals surface area contributed by atoms with Gasteiger partial charge in [-0.2, -0.15) is 5.10 Å². The molecule has 1 aromatic heterocycles. The summed E-state index contributed by atoms with van der Waals surface area (Å²) in [6, 6.07) is 10.8. The molecule has 0 amide bonds. The third-order valence-electron chi connectivity index (χ3n) is 2.29. The summed E-state index contributed by atoms with van der Waals surface area (Å²) in [6.07, 6.45) is 0. The van der Waals surface area contributed by atoms with Crippen molar-refractivity contribution in [2.75, 3.05) is 6.54 Å². The van der Waals surface area contributed by atoms with Gasteiger partial charge in [-0.15, -0.1) is 5.10 Å². The van der Waals surface area contributed by atoms with Crippen LogP contribution in [0.2, 0.25) is 5.02 Å². The van der Waals surface area contributed by atoms with Crippen molar-refractivity contribution in [2.24, 2.45) is 0 Å². The van der Waals surface area contributed by atoms with Crippen LogP contribution in [0.15, 0.2) is 36.4 Å². The molecule has 1 heterocycles. The Morgan fingerprint density at radius 3 is 2.50 bits per heavy atom. The normalized spacial score (nSPS) is 10.3. The molecule has 0 unspecified atom stereocenters. The Hall–Kier alpha value is -1.65. The number of benzene rings is 1. The topological polar surface area (TPSA) is 47.0 Å². The van der Waals surface area contributed by atoms with E-state index in [9.17, 15) is 0 Å². The van der Waals surface area contributed by atoms with Gasteiger partial charge in [-0.1, -0.05) is 18.5 Å².